The number of hydrogen-bond donors (Lipinski definition) is 1. The molecule has 3 rings (SSSR count). The largest absolute Gasteiger partial charge is 0.378 e. The lowest BCUT2D eigenvalue weighted by Gasteiger charge is -2.27. The van der Waals surface area contributed by atoms with Gasteiger partial charge in [0, 0.05) is 25.7 Å². The Hall–Kier alpha value is -2.14. The van der Waals surface area contributed by atoms with Crippen LogP contribution in [-0.4, -0.2) is 42.8 Å². The Labute approximate surface area is 144 Å². The summed E-state index contributed by atoms with van der Waals surface area (Å²) in [5.41, 5.74) is 5.49. The minimum absolute atomic E-state index is 0.763. The van der Waals surface area contributed by atoms with Crippen molar-refractivity contribution in [3.8, 4) is 0 Å². The second-order valence-corrected chi connectivity index (χ2v) is 6.41. The van der Waals surface area contributed by atoms with Crippen LogP contribution >= 0.6 is 0 Å². The summed E-state index contributed by atoms with van der Waals surface area (Å²) in [7, 11) is 0. The van der Waals surface area contributed by atoms with Crippen LogP contribution in [0.4, 0.5) is 11.6 Å². The summed E-state index contributed by atoms with van der Waals surface area (Å²) >= 11 is 0. The fourth-order valence-corrected chi connectivity index (χ4v) is 3.33. The molecule has 24 heavy (non-hydrogen) atoms. The highest BCUT2D eigenvalue weighted by Crippen LogP contribution is 2.18. The van der Waals surface area contributed by atoms with Crippen LogP contribution in [-0.2, 0) is 11.2 Å². The standard InChI is InChI=1S/C19H26N4O/c1-14-10-15(2)17(16(3)11-14)4-5-20-18-12-19(22-13-21-18)23-6-8-24-9-7-23/h10-13H,4-9H2,1-3H3,(H,20,21,22). The molecule has 0 atom stereocenters. The molecule has 0 saturated carbocycles. The molecule has 1 aromatic carbocycles. The minimum atomic E-state index is 0.763. The van der Waals surface area contributed by atoms with Crippen LogP contribution in [0.25, 0.3) is 0 Å². The first-order valence-corrected chi connectivity index (χ1v) is 8.59. The first kappa shape index (κ1) is 16.7. The number of nitrogens with zero attached hydrogens (tertiary/aromatic N) is 3. The highest BCUT2D eigenvalue weighted by atomic mass is 16.5. The van der Waals surface area contributed by atoms with Crippen molar-refractivity contribution in [2.24, 2.45) is 0 Å². The number of benzene rings is 1. The van der Waals surface area contributed by atoms with E-state index in [1.807, 2.05) is 6.07 Å². The Morgan fingerprint density at radius 2 is 1.75 bits per heavy atom. The predicted molar refractivity (Wildman–Crippen MR) is 97.9 cm³/mol. The van der Waals surface area contributed by atoms with Gasteiger partial charge in [0.25, 0.3) is 0 Å². The third kappa shape index (κ3) is 4.03. The Bertz CT molecular complexity index is 673. The lowest BCUT2D eigenvalue weighted by Crippen LogP contribution is -2.36. The van der Waals surface area contributed by atoms with Crippen molar-refractivity contribution < 1.29 is 4.74 Å². The van der Waals surface area contributed by atoms with Crippen LogP contribution in [0, 0.1) is 20.8 Å². The minimum Gasteiger partial charge on any atom is -0.378 e. The zero-order valence-corrected chi connectivity index (χ0v) is 14.8. The lowest BCUT2D eigenvalue weighted by atomic mass is 9.97. The molecule has 1 aliphatic heterocycles. The predicted octanol–water partition coefficient (Wildman–Crippen LogP) is 2.89. The molecular weight excluding hydrogens is 300 g/mol. The van der Waals surface area contributed by atoms with Gasteiger partial charge in [-0.05, 0) is 43.9 Å². The van der Waals surface area contributed by atoms with Gasteiger partial charge >= 0.3 is 0 Å². The van der Waals surface area contributed by atoms with E-state index in [2.05, 4.69) is 53.1 Å². The average Bonchev–Trinajstić information content (AvgIpc) is 2.58. The topological polar surface area (TPSA) is 50.3 Å². The van der Waals surface area contributed by atoms with E-state index in [0.717, 1.165) is 50.9 Å². The summed E-state index contributed by atoms with van der Waals surface area (Å²) in [6.07, 6.45) is 2.63. The van der Waals surface area contributed by atoms with E-state index in [-0.39, 0.29) is 0 Å². The molecule has 128 valence electrons. The summed E-state index contributed by atoms with van der Waals surface area (Å²) in [6.45, 7) is 10.7. The molecule has 1 N–H and O–H groups in total. The highest BCUT2D eigenvalue weighted by Gasteiger charge is 2.13. The number of rotatable bonds is 5. The van der Waals surface area contributed by atoms with E-state index in [0.29, 0.717) is 0 Å². The van der Waals surface area contributed by atoms with Gasteiger partial charge in [-0.25, -0.2) is 9.97 Å². The summed E-state index contributed by atoms with van der Waals surface area (Å²) in [5.74, 6) is 1.85. The first-order chi connectivity index (χ1) is 11.6. The van der Waals surface area contributed by atoms with Crippen LogP contribution in [0.5, 0.6) is 0 Å². The van der Waals surface area contributed by atoms with Gasteiger partial charge in [0.2, 0.25) is 0 Å². The molecule has 1 aromatic heterocycles. The molecular formula is C19H26N4O. The molecule has 0 spiro atoms. The maximum absolute atomic E-state index is 5.40. The van der Waals surface area contributed by atoms with Gasteiger partial charge in [-0.1, -0.05) is 17.7 Å². The first-order valence-electron chi connectivity index (χ1n) is 8.59. The fourth-order valence-electron chi connectivity index (χ4n) is 3.33. The van der Waals surface area contributed by atoms with Gasteiger partial charge in [-0.15, -0.1) is 0 Å². The number of hydrogen-bond acceptors (Lipinski definition) is 5. The van der Waals surface area contributed by atoms with E-state index in [1.165, 1.54) is 22.3 Å². The van der Waals surface area contributed by atoms with Crippen molar-refractivity contribution in [1.29, 1.82) is 0 Å². The van der Waals surface area contributed by atoms with Gasteiger partial charge in [0.05, 0.1) is 13.2 Å². The number of aryl methyl sites for hydroxylation is 3. The fraction of sp³-hybridized carbons (Fsp3) is 0.474. The lowest BCUT2D eigenvalue weighted by molar-refractivity contribution is 0.122. The normalized spacial score (nSPS) is 14.7. The summed E-state index contributed by atoms with van der Waals surface area (Å²) in [4.78, 5) is 11.0. The van der Waals surface area contributed by atoms with Crippen LogP contribution in [0.15, 0.2) is 24.5 Å². The Morgan fingerprint density at radius 3 is 2.46 bits per heavy atom. The van der Waals surface area contributed by atoms with Gasteiger partial charge in [-0.3, -0.25) is 0 Å². The smallest absolute Gasteiger partial charge is 0.134 e. The monoisotopic (exact) mass is 326 g/mol. The Morgan fingerprint density at radius 1 is 1.04 bits per heavy atom. The quantitative estimate of drug-likeness (QED) is 0.915. The van der Waals surface area contributed by atoms with E-state index in [9.17, 15) is 0 Å². The van der Waals surface area contributed by atoms with Gasteiger partial charge < -0.3 is 15.0 Å². The molecule has 5 heteroatoms. The van der Waals surface area contributed by atoms with Crippen LogP contribution < -0.4 is 10.2 Å². The van der Waals surface area contributed by atoms with Crippen molar-refractivity contribution >= 4 is 11.6 Å². The highest BCUT2D eigenvalue weighted by molar-refractivity contribution is 5.49. The summed E-state index contributed by atoms with van der Waals surface area (Å²) in [6, 6.07) is 6.54. The Kier molecular flexibility index (Phi) is 5.30. The molecule has 0 unspecified atom stereocenters. The zero-order valence-electron chi connectivity index (χ0n) is 14.8. The third-order valence-corrected chi connectivity index (χ3v) is 4.51. The number of anilines is 2. The molecule has 2 aromatic rings. The van der Waals surface area contributed by atoms with E-state index in [4.69, 9.17) is 4.74 Å². The van der Waals surface area contributed by atoms with Crippen molar-refractivity contribution in [3.63, 3.8) is 0 Å². The van der Waals surface area contributed by atoms with Gasteiger partial charge in [0.15, 0.2) is 0 Å². The molecule has 1 fully saturated rings. The number of nitrogens with one attached hydrogen (secondary N) is 1. The SMILES string of the molecule is Cc1cc(C)c(CCNc2cc(N3CCOCC3)ncn2)c(C)c1. The molecule has 1 saturated heterocycles. The second kappa shape index (κ2) is 7.62. The van der Waals surface area contributed by atoms with E-state index >= 15 is 0 Å². The van der Waals surface area contributed by atoms with E-state index < -0.39 is 0 Å². The third-order valence-electron chi connectivity index (χ3n) is 4.51. The molecule has 0 radical (unpaired) electrons. The second-order valence-electron chi connectivity index (χ2n) is 6.41. The van der Waals surface area contributed by atoms with Crippen LogP contribution in [0.2, 0.25) is 0 Å². The van der Waals surface area contributed by atoms with Gasteiger partial charge in [0.1, 0.15) is 18.0 Å². The average molecular weight is 326 g/mol. The number of aromatic nitrogens is 2. The van der Waals surface area contributed by atoms with Crippen molar-refractivity contribution in [2.45, 2.75) is 27.2 Å². The van der Waals surface area contributed by atoms with E-state index in [1.54, 1.807) is 6.33 Å². The molecule has 2 heterocycles. The molecule has 0 aliphatic carbocycles. The summed E-state index contributed by atoms with van der Waals surface area (Å²) in [5, 5.41) is 3.43. The number of morpholine rings is 1. The van der Waals surface area contributed by atoms with Crippen LogP contribution in [0.1, 0.15) is 22.3 Å². The maximum Gasteiger partial charge on any atom is 0.134 e. The van der Waals surface area contributed by atoms with Gasteiger partial charge in [-0.2, -0.15) is 0 Å². The molecule has 0 amide bonds. The van der Waals surface area contributed by atoms with Crippen molar-refractivity contribution in [2.75, 3.05) is 43.1 Å². The zero-order chi connectivity index (χ0) is 16.9. The maximum atomic E-state index is 5.40. The molecule has 1 aliphatic rings. The summed E-state index contributed by atoms with van der Waals surface area (Å²) < 4.78 is 5.40. The molecule has 5 nitrogen and oxygen atoms in total. The van der Waals surface area contributed by atoms with Crippen molar-refractivity contribution in [1.82, 2.24) is 9.97 Å². The van der Waals surface area contributed by atoms with Crippen LogP contribution in [0.3, 0.4) is 0 Å². The Balaban J connectivity index is 1.61. The number of ether oxygens (including phenoxy) is 1. The van der Waals surface area contributed by atoms with Crippen molar-refractivity contribution in [3.05, 3.63) is 46.8 Å². The molecule has 0 bridgehead atoms.